The SMILES string of the molecule is CCn1cc(C2CCN(C(=O)Nc3ccc(C(N)=O)nc3)CC2)cn1. The topological polar surface area (TPSA) is 106 Å². The summed E-state index contributed by atoms with van der Waals surface area (Å²) in [5, 5.41) is 7.12. The highest BCUT2D eigenvalue weighted by atomic mass is 16.2. The maximum Gasteiger partial charge on any atom is 0.321 e. The molecule has 1 fully saturated rings. The summed E-state index contributed by atoms with van der Waals surface area (Å²) in [6.07, 6.45) is 7.29. The summed E-state index contributed by atoms with van der Waals surface area (Å²) in [4.78, 5) is 29.1. The number of aromatic nitrogens is 3. The van der Waals surface area contributed by atoms with Crippen molar-refractivity contribution >= 4 is 17.6 Å². The quantitative estimate of drug-likeness (QED) is 0.883. The van der Waals surface area contributed by atoms with Crippen molar-refractivity contribution < 1.29 is 9.59 Å². The summed E-state index contributed by atoms with van der Waals surface area (Å²) in [7, 11) is 0. The second kappa shape index (κ2) is 7.33. The first kappa shape index (κ1) is 16.9. The fraction of sp³-hybridized carbons (Fsp3) is 0.412. The molecule has 8 nitrogen and oxygen atoms in total. The van der Waals surface area contributed by atoms with Gasteiger partial charge in [0.25, 0.3) is 5.91 Å². The maximum absolute atomic E-state index is 12.4. The molecule has 0 spiro atoms. The van der Waals surface area contributed by atoms with Crippen molar-refractivity contribution in [1.29, 1.82) is 0 Å². The summed E-state index contributed by atoms with van der Waals surface area (Å²) >= 11 is 0. The van der Waals surface area contributed by atoms with Crippen LogP contribution in [-0.2, 0) is 6.54 Å². The van der Waals surface area contributed by atoms with E-state index in [1.54, 1.807) is 11.0 Å². The third-order valence-corrected chi connectivity index (χ3v) is 4.50. The first-order valence-electron chi connectivity index (χ1n) is 8.41. The monoisotopic (exact) mass is 342 g/mol. The van der Waals surface area contributed by atoms with E-state index in [9.17, 15) is 9.59 Å². The van der Waals surface area contributed by atoms with Gasteiger partial charge in [-0.25, -0.2) is 9.78 Å². The Balaban J connectivity index is 1.53. The zero-order valence-corrected chi connectivity index (χ0v) is 14.2. The number of piperidine rings is 1. The molecule has 3 amide bonds. The zero-order valence-electron chi connectivity index (χ0n) is 14.2. The number of carbonyl (C=O) groups is 2. The minimum atomic E-state index is -0.591. The van der Waals surface area contributed by atoms with Crippen LogP contribution in [0.25, 0.3) is 0 Å². The molecule has 0 unspecified atom stereocenters. The van der Waals surface area contributed by atoms with E-state index in [4.69, 9.17) is 5.73 Å². The van der Waals surface area contributed by atoms with Crippen LogP contribution in [0.1, 0.15) is 41.7 Å². The Morgan fingerprint density at radius 3 is 2.60 bits per heavy atom. The van der Waals surface area contributed by atoms with Crippen LogP contribution in [0.5, 0.6) is 0 Å². The fourth-order valence-electron chi connectivity index (χ4n) is 3.00. The number of amides is 3. The van der Waals surface area contributed by atoms with Crippen molar-refractivity contribution in [3.63, 3.8) is 0 Å². The zero-order chi connectivity index (χ0) is 17.8. The number of hydrogen-bond donors (Lipinski definition) is 2. The molecule has 8 heteroatoms. The van der Waals surface area contributed by atoms with E-state index in [-0.39, 0.29) is 11.7 Å². The molecule has 0 aliphatic carbocycles. The summed E-state index contributed by atoms with van der Waals surface area (Å²) in [6.45, 7) is 4.32. The Morgan fingerprint density at radius 2 is 2.04 bits per heavy atom. The molecule has 25 heavy (non-hydrogen) atoms. The van der Waals surface area contributed by atoms with E-state index in [2.05, 4.69) is 28.5 Å². The third kappa shape index (κ3) is 3.96. The van der Waals surface area contributed by atoms with Crippen LogP contribution >= 0.6 is 0 Å². The lowest BCUT2D eigenvalue weighted by Crippen LogP contribution is -2.40. The van der Waals surface area contributed by atoms with Gasteiger partial charge in [0.15, 0.2) is 0 Å². The molecule has 1 saturated heterocycles. The molecule has 3 rings (SSSR count). The number of aryl methyl sites for hydroxylation is 1. The standard InChI is InChI=1S/C17H22N6O2/c1-2-23-11-13(9-20-23)12-5-7-22(8-6-12)17(25)21-14-3-4-15(16(18)24)19-10-14/h3-4,9-12H,2,5-8H2,1H3,(H2,18,24)(H,21,25). The molecular formula is C17H22N6O2. The molecule has 132 valence electrons. The number of anilines is 1. The number of likely N-dealkylation sites (tertiary alicyclic amines) is 1. The lowest BCUT2D eigenvalue weighted by Gasteiger charge is -2.31. The second-order valence-corrected chi connectivity index (χ2v) is 6.12. The van der Waals surface area contributed by atoms with Gasteiger partial charge in [0.2, 0.25) is 0 Å². The van der Waals surface area contributed by atoms with Crippen LogP contribution < -0.4 is 11.1 Å². The van der Waals surface area contributed by atoms with Gasteiger partial charge >= 0.3 is 6.03 Å². The molecule has 1 aliphatic rings. The first-order valence-corrected chi connectivity index (χ1v) is 8.41. The number of pyridine rings is 1. The maximum atomic E-state index is 12.4. The Bertz CT molecular complexity index is 747. The van der Waals surface area contributed by atoms with Crippen LogP contribution in [-0.4, -0.2) is 44.7 Å². The van der Waals surface area contributed by atoms with Crippen molar-refractivity contribution in [1.82, 2.24) is 19.7 Å². The smallest absolute Gasteiger partial charge is 0.321 e. The largest absolute Gasteiger partial charge is 0.364 e. The Hall–Kier alpha value is -2.90. The molecule has 0 saturated carbocycles. The first-order chi connectivity index (χ1) is 12.1. The van der Waals surface area contributed by atoms with Crippen LogP contribution in [0.3, 0.4) is 0 Å². The second-order valence-electron chi connectivity index (χ2n) is 6.12. The van der Waals surface area contributed by atoms with Gasteiger partial charge in [-0.05, 0) is 43.4 Å². The summed E-state index contributed by atoms with van der Waals surface area (Å²) < 4.78 is 1.93. The number of nitrogens with zero attached hydrogens (tertiary/aromatic N) is 4. The highest BCUT2D eigenvalue weighted by Gasteiger charge is 2.24. The lowest BCUT2D eigenvalue weighted by atomic mass is 9.92. The highest BCUT2D eigenvalue weighted by molar-refractivity contribution is 5.92. The molecule has 2 aromatic heterocycles. The molecule has 2 aromatic rings. The molecule has 0 bridgehead atoms. The predicted octanol–water partition coefficient (Wildman–Crippen LogP) is 1.81. The number of nitrogens with two attached hydrogens (primary N) is 1. The van der Waals surface area contributed by atoms with Crippen LogP contribution in [0, 0.1) is 0 Å². The summed E-state index contributed by atoms with van der Waals surface area (Å²) in [5.41, 5.74) is 7.11. The van der Waals surface area contributed by atoms with Crippen LogP contribution in [0.4, 0.5) is 10.5 Å². The number of nitrogens with one attached hydrogen (secondary N) is 1. The predicted molar refractivity (Wildman–Crippen MR) is 93.2 cm³/mol. The Morgan fingerprint density at radius 1 is 1.28 bits per heavy atom. The minimum Gasteiger partial charge on any atom is -0.364 e. The molecule has 0 radical (unpaired) electrons. The van der Waals surface area contributed by atoms with E-state index in [1.165, 1.54) is 17.8 Å². The Labute approximate surface area is 146 Å². The van der Waals surface area contributed by atoms with Crippen LogP contribution in [0.2, 0.25) is 0 Å². The van der Waals surface area contributed by atoms with Gasteiger partial charge in [-0.15, -0.1) is 0 Å². The molecule has 3 N–H and O–H groups in total. The van der Waals surface area contributed by atoms with E-state index in [0.29, 0.717) is 24.7 Å². The minimum absolute atomic E-state index is 0.156. The van der Waals surface area contributed by atoms with E-state index >= 15 is 0 Å². The lowest BCUT2D eigenvalue weighted by molar-refractivity contribution is 0.0995. The number of primary amides is 1. The van der Waals surface area contributed by atoms with Crippen LogP contribution in [0.15, 0.2) is 30.7 Å². The van der Waals surface area contributed by atoms with Crippen molar-refractivity contribution in [3.05, 3.63) is 42.0 Å². The summed E-state index contributed by atoms with van der Waals surface area (Å²) in [5.74, 6) is -0.146. The normalized spacial score (nSPS) is 15.2. The van der Waals surface area contributed by atoms with Gasteiger partial charge in [-0.1, -0.05) is 0 Å². The fourth-order valence-corrected chi connectivity index (χ4v) is 3.00. The number of urea groups is 1. The third-order valence-electron chi connectivity index (χ3n) is 4.50. The van der Waals surface area contributed by atoms with Crippen molar-refractivity contribution in [2.75, 3.05) is 18.4 Å². The van der Waals surface area contributed by atoms with E-state index < -0.39 is 5.91 Å². The van der Waals surface area contributed by atoms with E-state index in [1.807, 2.05) is 10.9 Å². The van der Waals surface area contributed by atoms with Gasteiger partial charge in [-0.3, -0.25) is 9.48 Å². The van der Waals surface area contributed by atoms with E-state index in [0.717, 1.165) is 19.4 Å². The van der Waals surface area contributed by atoms with Gasteiger partial charge < -0.3 is 16.0 Å². The number of hydrogen-bond acceptors (Lipinski definition) is 4. The Kier molecular flexibility index (Phi) is 4.97. The average molecular weight is 342 g/mol. The van der Waals surface area contributed by atoms with Crippen molar-refractivity contribution in [3.8, 4) is 0 Å². The van der Waals surface area contributed by atoms with Gasteiger partial charge in [-0.2, -0.15) is 5.10 Å². The molecule has 0 aromatic carbocycles. The highest BCUT2D eigenvalue weighted by Crippen LogP contribution is 2.27. The average Bonchev–Trinajstić information content (AvgIpc) is 3.11. The molecule has 0 atom stereocenters. The summed E-state index contributed by atoms with van der Waals surface area (Å²) in [6, 6.07) is 2.96. The number of carbonyl (C=O) groups excluding carboxylic acids is 2. The number of rotatable bonds is 4. The molecular weight excluding hydrogens is 320 g/mol. The van der Waals surface area contributed by atoms with Gasteiger partial charge in [0.1, 0.15) is 5.69 Å². The van der Waals surface area contributed by atoms with Crippen molar-refractivity contribution in [2.45, 2.75) is 32.2 Å². The van der Waals surface area contributed by atoms with Crippen molar-refractivity contribution in [2.24, 2.45) is 5.73 Å². The molecule has 1 aliphatic heterocycles. The molecule has 3 heterocycles. The van der Waals surface area contributed by atoms with Gasteiger partial charge in [0, 0.05) is 25.8 Å². The van der Waals surface area contributed by atoms with Gasteiger partial charge in [0.05, 0.1) is 18.1 Å².